The van der Waals surface area contributed by atoms with Crippen molar-refractivity contribution in [3.63, 3.8) is 0 Å². The van der Waals surface area contributed by atoms with Gasteiger partial charge in [0.15, 0.2) is 0 Å². The Hall–Kier alpha value is -0.0900. The molecule has 1 N–H and O–H groups in total. The van der Waals surface area contributed by atoms with E-state index in [0.717, 1.165) is 18.8 Å². The van der Waals surface area contributed by atoms with Gasteiger partial charge in [-0.2, -0.15) is 8.42 Å². The Bertz CT molecular complexity index is 245. The van der Waals surface area contributed by atoms with Gasteiger partial charge in [-0.15, -0.1) is 0 Å². The lowest BCUT2D eigenvalue weighted by atomic mass is 10.0. The molecule has 0 aromatic rings. The summed E-state index contributed by atoms with van der Waals surface area (Å²) in [6.07, 6.45) is 8.91. The minimum Gasteiger partial charge on any atom is -0.286 e. The first-order valence-electron chi connectivity index (χ1n) is 6.37. The summed E-state index contributed by atoms with van der Waals surface area (Å²) in [4.78, 5) is 0. The highest BCUT2D eigenvalue weighted by atomic mass is 32.2. The summed E-state index contributed by atoms with van der Waals surface area (Å²) < 4.78 is 29.4. The van der Waals surface area contributed by atoms with Crippen molar-refractivity contribution < 1.29 is 13.0 Å². The van der Waals surface area contributed by atoms with Crippen molar-refractivity contribution in [2.75, 3.05) is 5.75 Å². The Labute approximate surface area is 100 Å². The van der Waals surface area contributed by atoms with Gasteiger partial charge in [-0.05, 0) is 12.3 Å². The van der Waals surface area contributed by atoms with Gasteiger partial charge in [0.1, 0.15) is 0 Å². The molecule has 0 saturated carbocycles. The smallest absolute Gasteiger partial charge is 0.264 e. The summed E-state index contributed by atoms with van der Waals surface area (Å²) in [7, 11) is -3.74. The number of hydrogen-bond donors (Lipinski definition) is 1. The minimum absolute atomic E-state index is 0.0830. The second kappa shape index (κ2) is 8.99. The molecule has 0 radical (unpaired) electrons. The zero-order valence-electron chi connectivity index (χ0n) is 10.6. The molecule has 0 atom stereocenters. The zero-order chi connectivity index (χ0) is 12.4. The van der Waals surface area contributed by atoms with Crippen molar-refractivity contribution >= 4 is 10.1 Å². The number of rotatable bonds is 10. The monoisotopic (exact) mass is 250 g/mol. The molecule has 0 aromatic heterocycles. The molecular weight excluding hydrogens is 224 g/mol. The molecule has 0 heterocycles. The second-order valence-electron chi connectivity index (χ2n) is 4.94. The van der Waals surface area contributed by atoms with E-state index in [-0.39, 0.29) is 5.75 Å². The van der Waals surface area contributed by atoms with E-state index in [9.17, 15) is 8.42 Å². The van der Waals surface area contributed by atoms with Crippen LogP contribution in [0.1, 0.15) is 65.2 Å². The van der Waals surface area contributed by atoms with E-state index >= 15 is 0 Å². The van der Waals surface area contributed by atoms with Gasteiger partial charge in [0.2, 0.25) is 0 Å². The molecule has 0 aliphatic carbocycles. The summed E-state index contributed by atoms with van der Waals surface area (Å²) >= 11 is 0. The van der Waals surface area contributed by atoms with Gasteiger partial charge in [-0.1, -0.05) is 58.8 Å². The van der Waals surface area contributed by atoms with Crippen LogP contribution in [0.4, 0.5) is 0 Å². The summed E-state index contributed by atoms with van der Waals surface area (Å²) in [5, 5.41) is 0. The maximum atomic E-state index is 10.4. The molecule has 0 amide bonds. The van der Waals surface area contributed by atoms with Crippen molar-refractivity contribution in [1.29, 1.82) is 0 Å². The molecule has 0 aliphatic heterocycles. The van der Waals surface area contributed by atoms with Crippen LogP contribution >= 0.6 is 0 Å². The van der Waals surface area contributed by atoms with Crippen LogP contribution in [0.25, 0.3) is 0 Å². The largest absolute Gasteiger partial charge is 0.286 e. The van der Waals surface area contributed by atoms with Gasteiger partial charge in [-0.25, -0.2) is 0 Å². The minimum atomic E-state index is -3.74. The van der Waals surface area contributed by atoms with Gasteiger partial charge >= 0.3 is 0 Å². The molecule has 0 bridgehead atoms. The number of hydrogen-bond acceptors (Lipinski definition) is 2. The summed E-state index contributed by atoms with van der Waals surface area (Å²) in [6, 6.07) is 0. The Morgan fingerprint density at radius 3 is 1.75 bits per heavy atom. The van der Waals surface area contributed by atoms with E-state index in [1.807, 2.05) is 0 Å². The molecule has 0 aromatic carbocycles. The molecule has 0 spiro atoms. The standard InChI is InChI=1S/C12H26O3S/c1-12(2)10-8-6-4-3-5-7-9-11-16(13,14)15/h12H,3-11H2,1-2H3,(H,13,14,15). The summed E-state index contributed by atoms with van der Waals surface area (Å²) in [5.74, 6) is 0.718. The average molecular weight is 250 g/mol. The molecule has 16 heavy (non-hydrogen) atoms. The van der Waals surface area contributed by atoms with Gasteiger partial charge in [-0.3, -0.25) is 4.55 Å². The summed E-state index contributed by atoms with van der Waals surface area (Å²) in [5.41, 5.74) is 0. The molecule has 0 rings (SSSR count). The SMILES string of the molecule is CC(C)CCCCCCCCCS(=O)(=O)O. The van der Waals surface area contributed by atoms with E-state index in [2.05, 4.69) is 13.8 Å². The highest BCUT2D eigenvalue weighted by molar-refractivity contribution is 7.85. The molecule has 3 nitrogen and oxygen atoms in total. The maximum Gasteiger partial charge on any atom is 0.264 e. The van der Waals surface area contributed by atoms with Crippen LogP contribution in [0.3, 0.4) is 0 Å². The first-order chi connectivity index (χ1) is 7.42. The molecule has 0 fully saturated rings. The first kappa shape index (κ1) is 15.9. The lowest BCUT2D eigenvalue weighted by Gasteiger charge is -2.04. The first-order valence-corrected chi connectivity index (χ1v) is 7.98. The highest BCUT2D eigenvalue weighted by Crippen LogP contribution is 2.12. The second-order valence-corrected chi connectivity index (χ2v) is 6.52. The molecule has 0 aliphatic rings. The van der Waals surface area contributed by atoms with E-state index in [0.29, 0.717) is 6.42 Å². The van der Waals surface area contributed by atoms with Gasteiger partial charge in [0.05, 0.1) is 5.75 Å². The quantitative estimate of drug-likeness (QED) is 0.475. The van der Waals surface area contributed by atoms with Crippen molar-refractivity contribution in [2.24, 2.45) is 5.92 Å². The fourth-order valence-corrected chi connectivity index (χ4v) is 2.29. The molecule has 0 unspecified atom stereocenters. The Morgan fingerprint density at radius 2 is 1.31 bits per heavy atom. The van der Waals surface area contributed by atoms with E-state index in [4.69, 9.17) is 4.55 Å². The molecule has 4 heteroatoms. The van der Waals surface area contributed by atoms with Crippen molar-refractivity contribution in [3.05, 3.63) is 0 Å². The topological polar surface area (TPSA) is 54.4 Å². The van der Waals surface area contributed by atoms with Gasteiger partial charge in [0.25, 0.3) is 10.1 Å². The summed E-state index contributed by atoms with van der Waals surface area (Å²) in [6.45, 7) is 4.49. The third kappa shape index (κ3) is 13.9. The molecule has 98 valence electrons. The number of unbranched alkanes of at least 4 members (excludes halogenated alkanes) is 6. The fraction of sp³-hybridized carbons (Fsp3) is 1.00. The van der Waals surface area contributed by atoms with Gasteiger partial charge < -0.3 is 0 Å². The third-order valence-corrected chi connectivity index (χ3v) is 3.49. The van der Waals surface area contributed by atoms with E-state index in [1.54, 1.807) is 0 Å². The van der Waals surface area contributed by atoms with Crippen molar-refractivity contribution in [1.82, 2.24) is 0 Å². The fourth-order valence-electron chi connectivity index (χ4n) is 1.72. The maximum absolute atomic E-state index is 10.4. The van der Waals surface area contributed by atoms with E-state index < -0.39 is 10.1 Å². The van der Waals surface area contributed by atoms with E-state index in [1.165, 1.54) is 32.1 Å². The van der Waals surface area contributed by atoms with Crippen LogP contribution in [-0.2, 0) is 10.1 Å². The normalized spacial score (nSPS) is 12.2. The van der Waals surface area contributed by atoms with Crippen LogP contribution in [-0.4, -0.2) is 18.7 Å². The Morgan fingerprint density at radius 1 is 0.875 bits per heavy atom. The van der Waals surface area contributed by atoms with Crippen molar-refractivity contribution in [3.8, 4) is 0 Å². The van der Waals surface area contributed by atoms with Crippen LogP contribution < -0.4 is 0 Å². The predicted octanol–water partition coefficient (Wildman–Crippen LogP) is 3.65. The lowest BCUT2D eigenvalue weighted by Crippen LogP contribution is -2.03. The highest BCUT2D eigenvalue weighted by Gasteiger charge is 2.02. The van der Waals surface area contributed by atoms with Crippen molar-refractivity contribution in [2.45, 2.75) is 65.2 Å². The van der Waals surface area contributed by atoms with Crippen LogP contribution in [0.2, 0.25) is 0 Å². The average Bonchev–Trinajstić information content (AvgIpc) is 2.13. The van der Waals surface area contributed by atoms with Crippen LogP contribution in [0.15, 0.2) is 0 Å². The molecule has 0 saturated heterocycles. The Kier molecular flexibility index (Phi) is 8.94. The third-order valence-electron chi connectivity index (χ3n) is 2.68. The lowest BCUT2D eigenvalue weighted by molar-refractivity contribution is 0.477. The van der Waals surface area contributed by atoms with Crippen LogP contribution in [0.5, 0.6) is 0 Å². The molecular formula is C12H26O3S. The van der Waals surface area contributed by atoms with Crippen LogP contribution in [0, 0.1) is 5.92 Å². The zero-order valence-corrected chi connectivity index (χ0v) is 11.4. The predicted molar refractivity (Wildman–Crippen MR) is 68.2 cm³/mol. The van der Waals surface area contributed by atoms with Gasteiger partial charge in [0, 0.05) is 0 Å². The Balaban J connectivity index is 3.10.